The fourth-order valence-corrected chi connectivity index (χ4v) is 4.29. The molecule has 1 saturated carbocycles. The summed E-state index contributed by atoms with van der Waals surface area (Å²) in [7, 11) is 2.28. The highest BCUT2D eigenvalue weighted by molar-refractivity contribution is 6.45. The summed E-state index contributed by atoms with van der Waals surface area (Å²) in [4.78, 5) is 13.1. The number of hydrogen-bond acceptors (Lipinski definition) is 3. The predicted molar refractivity (Wildman–Crippen MR) is 103 cm³/mol. The molecule has 1 radical (unpaired) electrons. The zero-order valence-electron chi connectivity index (χ0n) is 17.4. The molecule has 1 fully saturated rings. The quantitative estimate of drug-likeness (QED) is 0.621. The first kappa shape index (κ1) is 22.0. The van der Waals surface area contributed by atoms with Crippen molar-refractivity contribution in [2.45, 2.75) is 91.9 Å². The van der Waals surface area contributed by atoms with E-state index in [4.69, 9.17) is 0 Å². The minimum Gasteiger partial charge on any atom is -0.392 e. The van der Waals surface area contributed by atoms with Crippen molar-refractivity contribution in [1.82, 2.24) is 5.32 Å². The number of nitrogens with one attached hydrogen (secondary N) is 1. The Kier molecular flexibility index (Phi) is 6.44. The largest absolute Gasteiger partial charge is 0.392 e. The van der Waals surface area contributed by atoms with E-state index in [9.17, 15) is 15.2 Å². The van der Waals surface area contributed by atoms with Gasteiger partial charge in [0.05, 0.1) is 17.6 Å². The number of aliphatic hydroxyl groups is 1. The topological polar surface area (TPSA) is 73.1 Å². The van der Waals surface area contributed by atoms with Crippen molar-refractivity contribution in [2.75, 3.05) is 6.54 Å². The standard InChI is InChI=1S/C20H36BN2O2/c1-9-18(7,13-22)17(5,6)11-20(16(25)23-10-15(4)24)12-19(20,8)21-14(2)3/h14-15,24H,9-12H2,1-8H3,(H,23,25). The smallest absolute Gasteiger partial charge is 0.226 e. The molecule has 0 aromatic rings. The minimum absolute atomic E-state index is 0.0114. The number of carbonyl (C=O) groups excluding carboxylic acids is 1. The lowest BCUT2D eigenvalue weighted by atomic mass is 9.49. The fourth-order valence-electron chi connectivity index (χ4n) is 4.29. The van der Waals surface area contributed by atoms with Crippen LogP contribution in [0.3, 0.4) is 0 Å². The molecule has 4 unspecified atom stereocenters. The highest BCUT2D eigenvalue weighted by Gasteiger charge is 2.70. The Labute approximate surface area is 155 Å². The molecule has 0 spiro atoms. The Morgan fingerprint density at radius 2 is 1.92 bits per heavy atom. The van der Waals surface area contributed by atoms with Gasteiger partial charge in [0.25, 0.3) is 0 Å². The first-order chi connectivity index (χ1) is 11.3. The lowest BCUT2D eigenvalue weighted by Crippen LogP contribution is -2.44. The van der Waals surface area contributed by atoms with Crippen LogP contribution in [0.5, 0.6) is 0 Å². The van der Waals surface area contributed by atoms with Crippen LogP contribution in [0.25, 0.3) is 0 Å². The monoisotopic (exact) mass is 347 g/mol. The average Bonchev–Trinajstić information content (AvgIpc) is 3.06. The molecule has 1 aliphatic rings. The second-order valence-electron chi connectivity index (χ2n) is 9.50. The number of aliphatic hydroxyl groups excluding tert-OH is 1. The van der Waals surface area contributed by atoms with Gasteiger partial charge in [-0.1, -0.05) is 47.4 Å². The summed E-state index contributed by atoms with van der Waals surface area (Å²) >= 11 is 0. The molecule has 0 saturated heterocycles. The number of rotatable bonds is 9. The van der Waals surface area contributed by atoms with Gasteiger partial charge in [0.15, 0.2) is 0 Å². The van der Waals surface area contributed by atoms with Crippen molar-refractivity contribution in [2.24, 2.45) is 16.2 Å². The van der Waals surface area contributed by atoms with Gasteiger partial charge in [0.2, 0.25) is 5.91 Å². The van der Waals surface area contributed by atoms with Gasteiger partial charge in [-0.15, -0.1) is 0 Å². The van der Waals surface area contributed by atoms with Crippen LogP contribution in [0.15, 0.2) is 0 Å². The fraction of sp³-hybridized carbons (Fsp3) is 0.900. The zero-order chi connectivity index (χ0) is 19.7. The molecule has 1 rings (SSSR count). The van der Waals surface area contributed by atoms with Gasteiger partial charge >= 0.3 is 0 Å². The summed E-state index contributed by atoms with van der Waals surface area (Å²) in [6.07, 6.45) is 1.67. The van der Waals surface area contributed by atoms with Crippen LogP contribution in [0.4, 0.5) is 0 Å². The molecule has 1 amide bonds. The second-order valence-corrected chi connectivity index (χ2v) is 9.50. The summed E-state index contributed by atoms with van der Waals surface area (Å²) in [5.74, 6) is 0.408. The Morgan fingerprint density at radius 1 is 1.36 bits per heavy atom. The maximum atomic E-state index is 13.1. The van der Waals surface area contributed by atoms with Crippen molar-refractivity contribution in [1.29, 1.82) is 5.26 Å². The first-order valence-electron chi connectivity index (χ1n) is 9.53. The normalized spacial score (nSPS) is 29.5. The number of nitriles is 1. The van der Waals surface area contributed by atoms with Gasteiger partial charge in [-0.3, -0.25) is 4.79 Å². The third-order valence-electron chi connectivity index (χ3n) is 6.52. The number of carbonyl (C=O) groups is 1. The molecule has 25 heavy (non-hydrogen) atoms. The Hall–Kier alpha value is -1.02. The third kappa shape index (κ3) is 4.22. The average molecular weight is 347 g/mol. The molecule has 1 aliphatic carbocycles. The van der Waals surface area contributed by atoms with Crippen LogP contribution in [-0.2, 0) is 4.79 Å². The molecule has 0 aliphatic heterocycles. The predicted octanol–water partition coefficient (Wildman–Crippen LogP) is 3.94. The van der Waals surface area contributed by atoms with E-state index in [-0.39, 0.29) is 23.2 Å². The molecular formula is C20H36BN2O2. The van der Waals surface area contributed by atoms with Crippen LogP contribution in [-0.4, -0.2) is 30.9 Å². The summed E-state index contributed by atoms with van der Waals surface area (Å²) in [6, 6.07) is 2.49. The molecule has 141 valence electrons. The Morgan fingerprint density at radius 3 is 2.32 bits per heavy atom. The first-order valence-corrected chi connectivity index (χ1v) is 9.53. The van der Waals surface area contributed by atoms with Crippen LogP contribution < -0.4 is 5.32 Å². The summed E-state index contributed by atoms with van der Waals surface area (Å²) in [5, 5.41) is 22.0. The summed E-state index contributed by atoms with van der Waals surface area (Å²) < 4.78 is 0. The highest BCUT2D eigenvalue weighted by atomic mass is 16.3. The molecule has 0 heterocycles. The second kappa shape index (κ2) is 7.31. The lowest BCUT2D eigenvalue weighted by Gasteiger charge is -2.42. The van der Waals surface area contributed by atoms with Gasteiger partial charge in [0, 0.05) is 12.0 Å². The van der Waals surface area contributed by atoms with Crippen molar-refractivity contribution >= 4 is 13.2 Å². The molecule has 0 aromatic carbocycles. The van der Waals surface area contributed by atoms with E-state index in [1.54, 1.807) is 6.92 Å². The molecule has 0 aromatic heterocycles. The van der Waals surface area contributed by atoms with Crippen molar-refractivity contribution in [3.05, 3.63) is 0 Å². The number of hydrogen-bond donors (Lipinski definition) is 2. The molecule has 0 bridgehead atoms. The van der Waals surface area contributed by atoms with Crippen molar-refractivity contribution < 1.29 is 9.90 Å². The van der Waals surface area contributed by atoms with E-state index in [0.717, 1.165) is 12.8 Å². The SMILES string of the molecule is CCC(C)(C#N)C(C)(C)CC1(C(=O)NCC(C)O)CC1(C)[B]C(C)C. The van der Waals surface area contributed by atoms with E-state index in [1.165, 1.54) is 0 Å². The molecule has 4 nitrogen and oxygen atoms in total. The van der Waals surface area contributed by atoms with Crippen LogP contribution >= 0.6 is 0 Å². The van der Waals surface area contributed by atoms with Crippen LogP contribution in [0.1, 0.15) is 74.7 Å². The molecule has 2 N–H and O–H groups in total. The molecule has 5 heteroatoms. The Balaban J connectivity index is 3.15. The summed E-state index contributed by atoms with van der Waals surface area (Å²) in [5.41, 5.74) is -1.27. The molecular weight excluding hydrogens is 311 g/mol. The minimum atomic E-state index is -0.562. The van der Waals surface area contributed by atoms with Gasteiger partial charge in [-0.2, -0.15) is 5.26 Å². The lowest BCUT2D eigenvalue weighted by molar-refractivity contribution is -0.129. The van der Waals surface area contributed by atoms with Crippen molar-refractivity contribution in [3.8, 4) is 6.07 Å². The van der Waals surface area contributed by atoms with E-state index >= 15 is 0 Å². The van der Waals surface area contributed by atoms with Gasteiger partial charge in [-0.25, -0.2) is 0 Å². The van der Waals surface area contributed by atoms with E-state index in [2.05, 4.69) is 53.3 Å². The highest BCUT2D eigenvalue weighted by Crippen LogP contribution is 2.75. The Bertz CT molecular complexity index is 540. The maximum absolute atomic E-state index is 13.1. The zero-order valence-corrected chi connectivity index (χ0v) is 17.4. The van der Waals surface area contributed by atoms with Gasteiger partial charge in [-0.05, 0) is 43.8 Å². The number of nitrogens with zero attached hydrogens (tertiary/aromatic N) is 1. The van der Waals surface area contributed by atoms with E-state index in [0.29, 0.717) is 12.2 Å². The summed E-state index contributed by atoms with van der Waals surface area (Å²) in [6.45, 7) is 16.6. The van der Waals surface area contributed by atoms with Crippen LogP contribution in [0.2, 0.25) is 11.1 Å². The van der Waals surface area contributed by atoms with Crippen molar-refractivity contribution in [3.63, 3.8) is 0 Å². The third-order valence-corrected chi connectivity index (χ3v) is 6.52. The maximum Gasteiger partial charge on any atom is 0.226 e. The van der Waals surface area contributed by atoms with Crippen LogP contribution in [0, 0.1) is 27.6 Å². The van der Waals surface area contributed by atoms with Gasteiger partial charge < -0.3 is 10.4 Å². The molecule has 4 atom stereocenters. The van der Waals surface area contributed by atoms with Gasteiger partial charge in [0.1, 0.15) is 7.28 Å². The van der Waals surface area contributed by atoms with E-state index < -0.39 is 16.9 Å². The number of amides is 1. The van der Waals surface area contributed by atoms with E-state index in [1.807, 2.05) is 13.8 Å².